The first kappa shape index (κ1) is 14.4. The van der Waals surface area contributed by atoms with E-state index < -0.39 is 23.2 Å². The Morgan fingerprint density at radius 2 is 2.00 bits per heavy atom. The van der Waals surface area contributed by atoms with Gasteiger partial charge in [0.25, 0.3) is 0 Å². The number of carbonyl (C=O) groups is 1. The van der Waals surface area contributed by atoms with Gasteiger partial charge in [0.15, 0.2) is 0 Å². The van der Waals surface area contributed by atoms with Gasteiger partial charge in [-0.25, -0.2) is 13.6 Å². The zero-order valence-electron chi connectivity index (χ0n) is 10.0. The summed E-state index contributed by atoms with van der Waals surface area (Å²) in [5.41, 5.74) is 0.102. The number of nitrogens with one attached hydrogen (secondary N) is 1. The number of aromatic nitrogens is 1. The highest BCUT2D eigenvalue weighted by molar-refractivity contribution is 9.10. The fourth-order valence-corrected chi connectivity index (χ4v) is 2.01. The van der Waals surface area contributed by atoms with Gasteiger partial charge in [-0.1, -0.05) is 0 Å². The molecule has 2 N–H and O–H groups in total. The molecule has 0 saturated carbocycles. The van der Waals surface area contributed by atoms with E-state index in [1.54, 1.807) is 18.5 Å². The number of carboxylic acids is 1. The topological polar surface area (TPSA) is 62.2 Å². The lowest BCUT2D eigenvalue weighted by Gasteiger charge is -2.09. The summed E-state index contributed by atoms with van der Waals surface area (Å²) in [7, 11) is 0. The fourth-order valence-electron chi connectivity index (χ4n) is 1.60. The van der Waals surface area contributed by atoms with Gasteiger partial charge < -0.3 is 10.4 Å². The van der Waals surface area contributed by atoms with Gasteiger partial charge in [-0.3, -0.25) is 4.98 Å². The first-order valence-electron chi connectivity index (χ1n) is 5.53. The molecule has 0 bridgehead atoms. The van der Waals surface area contributed by atoms with E-state index in [-0.39, 0.29) is 12.2 Å². The number of anilines is 1. The Morgan fingerprint density at radius 3 is 2.65 bits per heavy atom. The molecule has 2 aromatic rings. The molecule has 1 aromatic heterocycles. The SMILES string of the molecule is O=C(O)c1cc(NCc2cncc(Br)c2)c(F)cc1F. The first-order valence-corrected chi connectivity index (χ1v) is 6.32. The highest BCUT2D eigenvalue weighted by Gasteiger charge is 2.15. The van der Waals surface area contributed by atoms with Crippen molar-refractivity contribution in [3.8, 4) is 0 Å². The predicted molar refractivity (Wildman–Crippen MR) is 72.6 cm³/mol. The zero-order chi connectivity index (χ0) is 14.7. The number of hydrogen-bond acceptors (Lipinski definition) is 3. The number of pyridine rings is 1. The van der Waals surface area contributed by atoms with Crippen LogP contribution in [-0.4, -0.2) is 16.1 Å². The Bertz CT molecular complexity index is 665. The van der Waals surface area contributed by atoms with Crippen LogP contribution in [0.25, 0.3) is 0 Å². The van der Waals surface area contributed by atoms with E-state index in [1.165, 1.54) is 0 Å². The van der Waals surface area contributed by atoms with Crippen LogP contribution in [0.4, 0.5) is 14.5 Å². The lowest BCUT2D eigenvalue weighted by atomic mass is 10.1. The van der Waals surface area contributed by atoms with E-state index in [0.717, 1.165) is 16.1 Å². The Hall–Kier alpha value is -2.02. The number of carboxylic acid groups (broad SMARTS) is 1. The van der Waals surface area contributed by atoms with Crippen molar-refractivity contribution in [2.45, 2.75) is 6.54 Å². The number of halogens is 3. The van der Waals surface area contributed by atoms with E-state index in [0.29, 0.717) is 6.07 Å². The fraction of sp³-hybridized carbons (Fsp3) is 0.0769. The van der Waals surface area contributed by atoms with Crippen molar-refractivity contribution in [2.24, 2.45) is 0 Å². The third-order valence-electron chi connectivity index (χ3n) is 2.53. The number of rotatable bonds is 4. The molecule has 0 aliphatic heterocycles. The molecule has 1 heterocycles. The largest absolute Gasteiger partial charge is 0.478 e. The standard InChI is InChI=1S/C13H9BrF2N2O2/c14-8-1-7(4-17-6-8)5-18-12-2-9(13(19)20)10(15)3-11(12)16/h1-4,6,18H,5H2,(H,19,20). The van der Waals surface area contributed by atoms with E-state index in [2.05, 4.69) is 26.2 Å². The minimum Gasteiger partial charge on any atom is -0.478 e. The van der Waals surface area contributed by atoms with Crippen LogP contribution in [0, 0.1) is 11.6 Å². The molecule has 0 amide bonds. The summed E-state index contributed by atoms with van der Waals surface area (Å²) in [6.45, 7) is 0.230. The third kappa shape index (κ3) is 3.30. The van der Waals surface area contributed by atoms with Crippen molar-refractivity contribution in [1.29, 1.82) is 0 Å². The second kappa shape index (κ2) is 5.96. The Morgan fingerprint density at radius 1 is 1.25 bits per heavy atom. The highest BCUT2D eigenvalue weighted by atomic mass is 79.9. The lowest BCUT2D eigenvalue weighted by molar-refractivity contribution is 0.0692. The molecule has 0 fully saturated rings. The van der Waals surface area contributed by atoms with Gasteiger partial charge in [0, 0.05) is 29.5 Å². The van der Waals surface area contributed by atoms with Crippen LogP contribution in [-0.2, 0) is 6.54 Å². The molecule has 4 nitrogen and oxygen atoms in total. The van der Waals surface area contributed by atoms with Crippen molar-refractivity contribution in [2.75, 3.05) is 5.32 Å². The lowest BCUT2D eigenvalue weighted by Crippen LogP contribution is -2.07. The van der Waals surface area contributed by atoms with E-state index in [9.17, 15) is 13.6 Å². The van der Waals surface area contributed by atoms with Crippen LogP contribution in [0.3, 0.4) is 0 Å². The second-order valence-electron chi connectivity index (χ2n) is 3.98. The Balaban J connectivity index is 2.21. The predicted octanol–water partition coefficient (Wildman–Crippen LogP) is 3.43. The average molecular weight is 343 g/mol. The molecule has 0 atom stereocenters. The summed E-state index contributed by atoms with van der Waals surface area (Å²) in [5.74, 6) is -3.41. The van der Waals surface area contributed by atoms with Gasteiger partial charge in [-0.2, -0.15) is 0 Å². The maximum absolute atomic E-state index is 13.6. The van der Waals surface area contributed by atoms with E-state index in [1.807, 2.05) is 0 Å². The third-order valence-corrected chi connectivity index (χ3v) is 2.97. The van der Waals surface area contributed by atoms with Gasteiger partial charge in [-0.15, -0.1) is 0 Å². The molecule has 0 unspecified atom stereocenters. The summed E-state index contributed by atoms with van der Waals surface area (Å²) in [5, 5.41) is 11.5. The average Bonchev–Trinajstić information content (AvgIpc) is 2.37. The van der Waals surface area contributed by atoms with Crippen LogP contribution in [0.1, 0.15) is 15.9 Å². The maximum atomic E-state index is 13.6. The van der Waals surface area contributed by atoms with Gasteiger partial charge in [0.2, 0.25) is 0 Å². The molecule has 1 aromatic carbocycles. The molecule has 0 aliphatic rings. The number of benzene rings is 1. The second-order valence-corrected chi connectivity index (χ2v) is 4.90. The van der Waals surface area contributed by atoms with Crippen LogP contribution in [0.5, 0.6) is 0 Å². The van der Waals surface area contributed by atoms with Crippen molar-refractivity contribution < 1.29 is 18.7 Å². The quantitative estimate of drug-likeness (QED) is 0.893. The van der Waals surface area contributed by atoms with Crippen LogP contribution in [0.2, 0.25) is 0 Å². The van der Waals surface area contributed by atoms with Crippen molar-refractivity contribution in [3.63, 3.8) is 0 Å². The van der Waals surface area contributed by atoms with E-state index in [4.69, 9.17) is 5.11 Å². The summed E-state index contributed by atoms with van der Waals surface area (Å²) < 4.78 is 27.6. The van der Waals surface area contributed by atoms with E-state index >= 15 is 0 Å². The van der Waals surface area contributed by atoms with Gasteiger partial charge in [0.1, 0.15) is 11.6 Å². The summed E-state index contributed by atoms with van der Waals surface area (Å²) in [6.07, 6.45) is 3.18. The van der Waals surface area contributed by atoms with Crippen LogP contribution < -0.4 is 5.32 Å². The minimum atomic E-state index is -1.45. The first-order chi connectivity index (χ1) is 9.47. The zero-order valence-corrected chi connectivity index (χ0v) is 11.6. The Labute approximate surface area is 121 Å². The molecule has 104 valence electrons. The smallest absolute Gasteiger partial charge is 0.338 e. The van der Waals surface area contributed by atoms with Crippen LogP contribution >= 0.6 is 15.9 Å². The normalized spacial score (nSPS) is 10.3. The highest BCUT2D eigenvalue weighted by Crippen LogP contribution is 2.20. The molecule has 0 radical (unpaired) electrons. The maximum Gasteiger partial charge on any atom is 0.338 e. The van der Waals surface area contributed by atoms with Gasteiger partial charge in [0.05, 0.1) is 11.3 Å². The molecular formula is C13H9BrF2N2O2. The molecule has 0 aliphatic carbocycles. The minimum absolute atomic E-state index is 0.0798. The number of nitrogens with zero attached hydrogens (tertiary/aromatic N) is 1. The molecular weight excluding hydrogens is 334 g/mol. The molecule has 2 rings (SSSR count). The summed E-state index contributed by atoms with van der Waals surface area (Å²) in [4.78, 5) is 14.7. The molecule has 7 heteroatoms. The summed E-state index contributed by atoms with van der Waals surface area (Å²) >= 11 is 3.25. The van der Waals surface area contributed by atoms with Crippen molar-refractivity contribution >= 4 is 27.6 Å². The van der Waals surface area contributed by atoms with Gasteiger partial charge in [-0.05, 0) is 33.6 Å². The van der Waals surface area contributed by atoms with Crippen molar-refractivity contribution in [1.82, 2.24) is 4.98 Å². The summed E-state index contributed by atoms with van der Waals surface area (Å²) in [6, 6.07) is 3.25. The number of hydrogen-bond donors (Lipinski definition) is 2. The van der Waals surface area contributed by atoms with Crippen molar-refractivity contribution in [3.05, 3.63) is 57.8 Å². The molecule has 0 saturated heterocycles. The Kier molecular flexibility index (Phi) is 4.29. The van der Waals surface area contributed by atoms with Crippen LogP contribution in [0.15, 0.2) is 35.1 Å². The number of aromatic carboxylic acids is 1. The monoisotopic (exact) mass is 342 g/mol. The molecule has 0 spiro atoms. The molecule has 20 heavy (non-hydrogen) atoms. The van der Waals surface area contributed by atoms with Gasteiger partial charge >= 0.3 is 5.97 Å².